The van der Waals surface area contributed by atoms with Gasteiger partial charge in [-0.15, -0.1) is 5.10 Å². The molecule has 0 bridgehead atoms. The lowest BCUT2D eigenvalue weighted by Gasteiger charge is -2.11. The highest BCUT2D eigenvalue weighted by molar-refractivity contribution is 7.87. The number of allylic oxidation sites excluding steroid dienone is 1. The van der Waals surface area contributed by atoms with Gasteiger partial charge in [0.15, 0.2) is 0 Å². The average molecular weight is 414 g/mol. The topological polar surface area (TPSA) is 74.1 Å². The van der Waals surface area contributed by atoms with Gasteiger partial charge in [-0.3, -0.25) is 0 Å². The van der Waals surface area contributed by atoms with Gasteiger partial charge in [-0.1, -0.05) is 67.6 Å². The third-order valence-corrected chi connectivity index (χ3v) is 5.93. The van der Waals surface area contributed by atoms with Crippen molar-refractivity contribution in [3.05, 3.63) is 60.2 Å². The Morgan fingerprint density at radius 3 is 2.52 bits per heavy atom. The molecular weight excluding hydrogens is 386 g/mol. The molecule has 3 rings (SSSR count). The smallest absolute Gasteiger partial charge is 0.340 e. The average Bonchev–Trinajstić information content (AvgIpc) is 3.14. The van der Waals surface area contributed by atoms with E-state index in [1.807, 2.05) is 31.2 Å². The molecule has 0 N–H and O–H groups in total. The first-order chi connectivity index (χ1) is 14.0. The van der Waals surface area contributed by atoms with Gasteiger partial charge in [0, 0.05) is 0 Å². The van der Waals surface area contributed by atoms with Crippen LogP contribution in [-0.4, -0.2) is 23.4 Å². The van der Waals surface area contributed by atoms with Crippen molar-refractivity contribution < 1.29 is 12.6 Å². The number of benzene rings is 2. The SMILES string of the molecule is CCCCCCC/C=C(/OS(=O)(=O)c1ccc(C)cc1)n1nnc2ccccc21. The predicted octanol–water partition coefficient (Wildman–Crippen LogP) is 5.30. The molecule has 6 nitrogen and oxygen atoms in total. The van der Waals surface area contributed by atoms with Crippen LogP contribution in [0, 0.1) is 6.92 Å². The fourth-order valence-corrected chi connectivity index (χ4v) is 3.96. The van der Waals surface area contributed by atoms with Gasteiger partial charge in [-0.05, 0) is 50.1 Å². The number of para-hydroxylation sites is 1. The Kier molecular flexibility index (Phi) is 7.04. The van der Waals surface area contributed by atoms with E-state index in [4.69, 9.17) is 4.18 Å². The zero-order chi connectivity index (χ0) is 20.7. The highest BCUT2D eigenvalue weighted by Crippen LogP contribution is 2.23. The van der Waals surface area contributed by atoms with E-state index in [-0.39, 0.29) is 10.8 Å². The van der Waals surface area contributed by atoms with Gasteiger partial charge in [0.1, 0.15) is 10.4 Å². The molecule has 1 aromatic heterocycles. The third kappa shape index (κ3) is 5.44. The molecule has 0 aliphatic carbocycles. The molecule has 0 unspecified atom stereocenters. The first-order valence-electron chi connectivity index (χ1n) is 10.0. The van der Waals surface area contributed by atoms with Gasteiger partial charge in [0.25, 0.3) is 0 Å². The predicted molar refractivity (Wildman–Crippen MR) is 115 cm³/mol. The van der Waals surface area contributed by atoms with E-state index in [0.29, 0.717) is 17.5 Å². The molecule has 0 aliphatic rings. The normalized spacial score (nSPS) is 12.4. The third-order valence-electron chi connectivity index (χ3n) is 4.69. The molecule has 1 heterocycles. The van der Waals surface area contributed by atoms with Gasteiger partial charge in [0.05, 0.1) is 5.52 Å². The van der Waals surface area contributed by atoms with Crippen LogP contribution in [0.5, 0.6) is 0 Å². The molecule has 0 saturated heterocycles. The zero-order valence-electron chi connectivity index (χ0n) is 16.9. The summed E-state index contributed by atoms with van der Waals surface area (Å²) in [4.78, 5) is 0.112. The second-order valence-corrected chi connectivity index (χ2v) is 8.63. The number of rotatable bonds is 10. The summed E-state index contributed by atoms with van der Waals surface area (Å²) in [5.74, 6) is 0.162. The van der Waals surface area contributed by atoms with Gasteiger partial charge in [-0.25, -0.2) is 0 Å². The molecule has 0 spiro atoms. The van der Waals surface area contributed by atoms with Crippen LogP contribution in [0.15, 0.2) is 59.5 Å². The summed E-state index contributed by atoms with van der Waals surface area (Å²) in [5.41, 5.74) is 2.36. The number of aromatic nitrogens is 3. The molecule has 2 aromatic carbocycles. The van der Waals surface area contributed by atoms with Crippen LogP contribution in [0.25, 0.3) is 16.9 Å². The molecule has 0 radical (unpaired) electrons. The highest BCUT2D eigenvalue weighted by atomic mass is 32.2. The molecule has 7 heteroatoms. The maximum atomic E-state index is 12.8. The molecule has 0 atom stereocenters. The molecule has 0 fully saturated rings. The fraction of sp³-hybridized carbons (Fsp3) is 0.364. The Balaban J connectivity index is 1.87. The lowest BCUT2D eigenvalue weighted by atomic mass is 10.1. The van der Waals surface area contributed by atoms with Crippen LogP contribution in [0.1, 0.15) is 51.0 Å². The zero-order valence-corrected chi connectivity index (χ0v) is 17.7. The number of aryl methyl sites for hydroxylation is 1. The number of hydrogen-bond donors (Lipinski definition) is 0. The van der Waals surface area contributed by atoms with E-state index in [1.165, 1.54) is 23.9 Å². The van der Waals surface area contributed by atoms with Crippen LogP contribution >= 0.6 is 0 Å². The van der Waals surface area contributed by atoms with Gasteiger partial charge < -0.3 is 4.18 Å². The van der Waals surface area contributed by atoms with E-state index in [2.05, 4.69) is 17.2 Å². The van der Waals surface area contributed by atoms with Crippen molar-refractivity contribution in [1.82, 2.24) is 15.0 Å². The van der Waals surface area contributed by atoms with E-state index < -0.39 is 10.1 Å². The summed E-state index contributed by atoms with van der Waals surface area (Å²) < 4.78 is 32.7. The van der Waals surface area contributed by atoms with Crippen molar-refractivity contribution in [1.29, 1.82) is 0 Å². The maximum absolute atomic E-state index is 12.8. The molecule has 0 saturated carbocycles. The van der Waals surface area contributed by atoms with Crippen molar-refractivity contribution in [3.63, 3.8) is 0 Å². The minimum atomic E-state index is -3.98. The number of nitrogens with zero attached hydrogens (tertiary/aromatic N) is 3. The Morgan fingerprint density at radius 1 is 1.03 bits per heavy atom. The van der Waals surface area contributed by atoms with Crippen molar-refractivity contribution in [2.45, 2.75) is 57.3 Å². The minimum Gasteiger partial charge on any atom is -0.358 e. The highest BCUT2D eigenvalue weighted by Gasteiger charge is 2.20. The van der Waals surface area contributed by atoms with Crippen molar-refractivity contribution in [2.24, 2.45) is 0 Å². The first-order valence-corrected chi connectivity index (χ1v) is 11.4. The van der Waals surface area contributed by atoms with E-state index in [1.54, 1.807) is 30.3 Å². The Morgan fingerprint density at radius 2 is 1.76 bits per heavy atom. The minimum absolute atomic E-state index is 0.112. The molecule has 0 amide bonds. The van der Waals surface area contributed by atoms with Crippen LogP contribution in [0.4, 0.5) is 0 Å². The van der Waals surface area contributed by atoms with Crippen molar-refractivity contribution in [2.75, 3.05) is 0 Å². The molecular formula is C22H27N3O3S. The number of unbranched alkanes of at least 4 members (excludes halogenated alkanes) is 5. The molecule has 0 aliphatic heterocycles. The quantitative estimate of drug-likeness (QED) is 0.256. The number of fused-ring (bicyclic) bond motifs is 1. The Labute approximate surface area is 172 Å². The van der Waals surface area contributed by atoms with Crippen molar-refractivity contribution in [3.8, 4) is 0 Å². The number of hydrogen-bond acceptors (Lipinski definition) is 5. The summed E-state index contributed by atoms with van der Waals surface area (Å²) in [6, 6.07) is 14.0. The van der Waals surface area contributed by atoms with Crippen LogP contribution in [-0.2, 0) is 14.3 Å². The Bertz CT molecular complexity index is 1070. The van der Waals surface area contributed by atoms with Gasteiger partial charge in [-0.2, -0.15) is 13.1 Å². The molecule has 154 valence electrons. The summed E-state index contributed by atoms with van der Waals surface area (Å²) in [5, 5.41) is 8.24. The van der Waals surface area contributed by atoms with E-state index in [0.717, 1.165) is 18.4 Å². The van der Waals surface area contributed by atoms with E-state index in [9.17, 15) is 8.42 Å². The van der Waals surface area contributed by atoms with Gasteiger partial charge in [0.2, 0.25) is 5.88 Å². The second kappa shape index (κ2) is 9.69. The van der Waals surface area contributed by atoms with Crippen LogP contribution in [0.2, 0.25) is 0 Å². The van der Waals surface area contributed by atoms with Crippen molar-refractivity contribution >= 4 is 27.0 Å². The van der Waals surface area contributed by atoms with Crippen LogP contribution < -0.4 is 0 Å². The monoisotopic (exact) mass is 413 g/mol. The largest absolute Gasteiger partial charge is 0.358 e. The summed E-state index contributed by atoms with van der Waals surface area (Å²) in [6.07, 6.45) is 8.13. The standard InChI is InChI=1S/C22H27N3O3S/c1-3-4-5-6-7-8-13-22(25-21-12-10-9-11-20(21)23-24-25)28-29(26,27)19-16-14-18(2)15-17-19/h9-17H,3-8H2,1-2H3/b22-13+. The molecule has 3 aromatic rings. The maximum Gasteiger partial charge on any atom is 0.340 e. The fourth-order valence-electron chi connectivity index (χ4n) is 3.03. The molecule has 29 heavy (non-hydrogen) atoms. The van der Waals surface area contributed by atoms with Crippen LogP contribution in [0.3, 0.4) is 0 Å². The lowest BCUT2D eigenvalue weighted by molar-refractivity contribution is 0.434. The summed E-state index contributed by atoms with van der Waals surface area (Å²) in [6.45, 7) is 4.08. The summed E-state index contributed by atoms with van der Waals surface area (Å²) in [7, 11) is -3.98. The second-order valence-electron chi connectivity index (χ2n) is 7.09. The summed E-state index contributed by atoms with van der Waals surface area (Å²) >= 11 is 0. The Hall–Kier alpha value is -2.67. The first kappa shape index (κ1) is 21.0. The van der Waals surface area contributed by atoms with Gasteiger partial charge >= 0.3 is 10.1 Å². The van der Waals surface area contributed by atoms with E-state index >= 15 is 0 Å². The lowest BCUT2D eigenvalue weighted by Crippen LogP contribution is -2.11.